The maximum atomic E-state index is 12.1. The molecule has 2 amide bonds. The van der Waals surface area contributed by atoms with Gasteiger partial charge in [-0.1, -0.05) is 37.0 Å². The summed E-state index contributed by atoms with van der Waals surface area (Å²) < 4.78 is 0. The fourth-order valence-electron chi connectivity index (χ4n) is 2.00. The van der Waals surface area contributed by atoms with Crippen molar-refractivity contribution in [3.8, 4) is 12.3 Å². The second-order valence-electron chi connectivity index (χ2n) is 5.62. The van der Waals surface area contributed by atoms with Gasteiger partial charge < -0.3 is 10.6 Å². The number of amides is 2. The van der Waals surface area contributed by atoms with Crippen molar-refractivity contribution in [2.24, 2.45) is 0 Å². The fraction of sp³-hybridized carbons (Fsp3) is 0.368. The molecule has 23 heavy (non-hydrogen) atoms. The van der Waals surface area contributed by atoms with E-state index in [-0.39, 0.29) is 17.9 Å². The molecule has 4 nitrogen and oxygen atoms in total. The molecule has 1 atom stereocenters. The molecule has 0 fully saturated rings. The van der Waals surface area contributed by atoms with Crippen LogP contribution >= 0.6 is 0 Å². The molecule has 0 aromatic heterocycles. The highest BCUT2D eigenvalue weighted by atomic mass is 16.2. The van der Waals surface area contributed by atoms with Crippen molar-refractivity contribution in [1.29, 1.82) is 0 Å². The van der Waals surface area contributed by atoms with E-state index in [9.17, 15) is 9.59 Å². The van der Waals surface area contributed by atoms with Crippen LogP contribution in [-0.4, -0.2) is 17.9 Å². The molecule has 0 bridgehead atoms. The average molecular weight is 312 g/mol. The lowest BCUT2D eigenvalue weighted by Crippen LogP contribution is -2.33. The summed E-state index contributed by atoms with van der Waals surface area (Å²) in [6.07, 6.45) is 8.63. The Labute approximate surface area is 138 Å². The Morgan fingerprint density at radius 1 is 1.26 bits per heavy atom. The molecule has 4 heteroatoms. The SMILES string of the molecule is C#CC(CCC)NC(=O)c1ccc(CNC(=O)C=C(C)C)cc1. The number of nitrogens with one attached hydrogen (secondary N) is 2. The highest BCUT2D eigenvalue weighted by molar-refractivity contribution is 5.94. The molecule has 0 aliphatic heterocycles. The maximum Gasteiger partial charge on any atom is 0.252 e. The van der Waals surface area contributed by atoms with E-state index in [0.717, 1.165) is 24.0 Å². The van der Waals surface area contributed by atoms with Crippen molar-refractivity contribution in [1.82, 2.24) is 10.6 Å². The van der Waals surface area contributed by atoms with Crippen LogP contribution in [0.15, 0.2) is 35.9 Å². The number of carbonyl (C=O) groups is 2. The first kappa shape index (κ1) is 18.5. The second kappa shape index (κ2) is 9.47. The van der Waals surface area contributed by atoms with E-state index in [0.29, 0.717) is 12.1 Å². The molecule has 0 saturated heterocycles. The van der Waals surface area contributed by atoms with Crippen molar-refractivity contribution in [3.63, 3.8) is 0 Å². The molecular weight excluding hydrogens is 288 g/mol. The summed E-state index contributed by atoms with van der Waals surface area (Å²) in [6, 6.07) is 6.87. The van der Waals surface area contributed by atoms with Gasteiger partial charge in [-0.25, -0.2) is 0 Å². The zero-order valence-corrected chi connectivity index (χ0v) is 14.0. The van der Waals surface area contributed by atoms with Crippen LogP contribution in [0.4, 0.5) is 0 Å². The normalized spacial score (nSPS) is 11.0. The predicted octanol–water partition coefficient (Wildman–Crippen LogP) is 2.80. The predicted molar refractivity (Wildman–Crippen MR) is 92.7 cm³/mol. The minimum atomic E-state index is -0.240. The number of rotatable bonds is 7. The van der Waals surface area contributed by atoms with Gasteiger partial charge in [0.15, 0.2) is 0 Å². The Hall–Kier alpha value is -2.54. The molecule has 1 aromatic carbocycles. The summed E-state index contributed by atoms with van der Waals surface area (Å²) in [4.78, 5) is 23.7. The first-order chi connectivity index (χ1) is 11.0. The van der Waals surface area contributed by atoms with E-state index >= 15 is 0 Å². The third-order valence-electron chi connectivity index (χ3n) is 3.19. The highest BCUT2D eigenvalue weighted by Gasteiger charge is 2.10. The smallest absolute Gasteiger partial charge is 0.252 e. The molecule has 0 saturated carbocycles. The first-order valence-electron chi connectivity index (χ1n) is 7.75. The monoisotopic (exact) mass is 312 g/mol. The van der Waals surface area contributed by atoms with Gasteiger partial charge in [-0.3, -0.25) is 9.59 Å². The van der Waals surface area contributed by atoms with Gasteiger partial charge in [-0.05, 0) is 38.0 Å². The van der Waals surface area contributed by atoms with Crippen molar-refractivity contribution >= 4 is 11.8 Å². The Balaban J connectivity index is 2.59. The van der Waals surface area contributed by atoms with Crippen LogP contribution < -0.4 is 10.6 Å². The molecule has 0 spiro atoms. The zero-order valence-electron chi connectivity index (χ0n) is 14.0. The van der Waals surface area contributed by atoms with E-state index in [4.69, 9.17) is 6.42 Å². The minimum absolute atomic E-state index is 0.122. The topological polar surface area (TPSA) is 58.2 Å². The third-order valence-corrected chi connectivity index (χ3v) is 3.19. The molecule has 0 radical (unpaired) electrons. The first-order valence-corrected chi connectivity index (χ1v) is 7.75. The number of terminal acetylenes is 1. The lowest BCUT2D eigenvalue weighted by atomic mass is 10.1. The number of benzene rings is 1. The second-order valence-corrected chi connectivity index (χ2v) is 5.62. The minimum Gasteiger partial charge on any atom is -0.348 e. The van der Waals surface area contributed by atoms with Gasteiger partial charge in [0, 0.05) is 18.2 Å². The van der Waals surface area contributed by atoms with Crippen LogP contribution in [0.5, 0.6) is 0 Å². The number of carbonyl (C=O) groups excluding carboxylic acids is 2. The summed E-state index contributed by atoms with van der Waals surface area (Å²) in [5.41, 5.74) is 2.43. The fourth-order valence-corrected chi connectivity index (χ4v) is 2.00. The Morgan fingerprint density at radius 3 is 2.43 bits per heavy atom. The van der Waals surface area contributed by atoms with E-state index in [1.807, 2.05) is 32.9 Å². The van der Waals surface area contributed by atoms with Gasteiger partial charge in [0.25, 0.3) is 5.91 Å². The summed E-state index contributed by atoms with van der Waals surface area (Å²) in [7, 11) is 0. The Morgan fingerprint density at radius 2 is 1.91 bits per heavy atom. The largest absolute Gasteiger partial charge is 0.348 e. The lowest BCUT2D eigenvalue weighted by Gasteiger charge is -2.12. The average Bonchev–Trinajstić information content (AvgIpc) is 2.52. The zero-order chi connectivity index (χ0) is 17.2. The summed E-state index contributed by atoms with van der Waals surface area (Å²) in [6.45, 7) is 6.19. The molecule has 0 heterocycles. The quantitative estimate of drug-likeness (QED) is 0.601. The summed E-state index contributed by atoms with van der Waals surface area (Å²) in [5.74, 6) is 2.28. The molecule has 122 valence electrons. The molecule has 0 aliphatic carbocycles. The highest BCUT2D eigenvalue weighted by Crippen LogP contribution is 2.06. The van der Waals surface area contributed by atoms with E-state index < -0.39 is 0 Å². The van der Waals surface area contributed by atoms with Gasteiger partial charge in [0.05, 0.1) is 6.04 Å². The van der Waals surface area contributed by atoms with Gasteiger partial charge >= 0.3 is 0 Å². The van der Waals surface area contributed by atoms with Crippen molar-refractivity contribution in [3.05, 3.63) is 47.0 Å². The van der Waals surface area contributed by atoms with Crippen molar-refractivity contribution in [2.75, 3.05) is 0 Å². The standard InChI is InChI=1S/C19H24N2O2/c1-5-7-17(6-2)21-19(23)16-10-8-15(9-11-16)13-20-18(22)12-14(3)4/h2,8-12,17H,5,7,13H2,1,3-4H3,(H,20,22)(H,21,23). The van der Waals surface area contributed by atoms with E-state index in [1.54, 1.807) is 18.2 Å². The van der Waals surface area contributed by atoms with Gasteiger partial charge in [0.1, 0.15) is 0 Å². The van der Waals surface area contributed by atoms with Crippen molar-refractivity contribution in [2.45, 2.75) is 46.2 Å². The molecule has 1 unspecified atom stereocenters. The Kier molecular flexibility index (Phi) is 7.62. The summed E-state index contributed by atoms with van der Waals surface area (Å²) >= 11 is 0. The van der Waals surface area contributed by atoms with Gasteiger partial charge in [0.2, 0.25) is 5.91 Å². The third kappa shape index (κ3) is 6.84. The van der Waals surface area contributed by atoms with E-state index in [1.165, 1.54) is 0 Å². The molecular formula is C19H24N2O2. The Bertz CT molecular complexity index is 605. The van der Waals surface area contributed by atoms with Crippen LogP contribution in [0, 0.1) is 12.3 Å². The van der Waals surface area contributed by atoms with Crippen LogP contribution in [0.2, 0.25) is 0 Å². The molecule has 1 aromatic rings. The number of allylic oxidation sites excluding steroid dienone is 1. The molecule has 1 rings (SSSR count). The van der Waals surface area contributed by atoms with E-state index in [2.05, 4.69) is 16.6 Å². The van der Waals surface area contributed by atoms with Crippen LogP contribution in [0.1, 0.15) is 49.5 Å². The number of hydrogen-bond acceptors (Lipinski definition) is 2. The summed E-state index contributed by atoms with van der Waals surface area (Å²) in [5, 5.41) is 5.62. The van der Waals surface area contributed by atoms with Crippen LogP contribution in [-0.2, 0) is 11.3 Å². The van der Waals surface area contributed by atoms with Crippen LogP contribution in [0.25, 0.3) is 0 Å². The number of hydrogen-bond donors (Lipinski definition) is 2. The van der Waals surface area contributed by atoms with Crippen LogP contribution in [0.3, 0.4) is 0 Å². The maximum absolute atomic E-state index is 12.1. The van der Waals surface area contributed by atoms with Crippen molar-refractivity contribution < 1.29 is 9.59 Å². The molecule has 0 aliphatic rings. The lowest BCUT2D eigenvalue weighted by molar-refractivity contribution is -0.116. The van der Waals surface area contributed by atoms with Gasteiger partial charge in [-0.15, -0.1) is 6.42 Å². The molecule has 2 N–H and O–H groups in total. The van der Waals surface area contributed by atoms with Gasteiger partial charge in [-0.2, -0.15) is 0 Å².